The van der Waals surface area contributed by atoms with Crippen LogP contribution in [0.1, 0.15) is 122 Å². The van der Waals surface area contributed by atoms with Crippen LogP contribution < -0.4 is 10.6 Å². The first-order valence-electron chi connectivity index (χ1n) is 17.5. The summed E-state index contributed by atoms with van der Waals surface area (Å²) in [5.74, 6) is -2.21. The predicted octanol–water partition coefficient (Wildman–Crippen LogP) is 4.34. The molecule has 0 aromatic heterocycles. The van der Waals surface area contributed by atoms with Crippen molar-refractivity contribution < 1.29 is 53.1 Å². The first-order chi connectivity index (χ1) is 22.9. The summed E-state index contributed by atoms with van der Waals surface area (Å²) < 4.78 is 21.3. The zero-order valence-corrected chi connectivity index (χ0v) is 28.4. The second kappa shape index (κ2) is 34.7. The molecule has 0 bridgehead atoms. The fourth-order valence-corrected chi connectivity index (χ4v) is 4.69. The summed E-state index contributed by atoms with van der Waals surface area (Å²) in [4.78, 5) is 55.6. The Hall–Kier alpha value is -2.61. The quantitative estimate of drug-likeness (QED) is 0.0687. The first-order valence-corrected chi connectivity index (χ1v) is 17.5. The molecule has 0 aliphatic rings. The molecule has 1 atom stereocenters. The van der Waals surface area contributed by atoms with E-state index in [2.05, 4.69) is 10.6 Å². The summed E-state index contributed by atoms with van der Waals surface area (Å²) in [7, 11) is 0. The van der Waals surface area contributed by atoms with Crippen molar-refractivity contribution in [1.82, 2.24) is 10.6 Å². The van der Waals surface area contributed by atoms with Crippen LogP contribution >= 0.6 is 0 Å². The van der Waals surface area contributed by atoms with E-state index in [9.17, 15) is 24.0 Å². The molecule has 273 valence electrons. The highest BCUT2D eigenvalue weighted by Crippen LogP contribution is 2.14. The third kappa shape index (κ3) is 34.5. The average molecular weight is 674 g/mol. The molecule has 0 unspecified atom stereocenters. The maximum Gasteiger partial charge on any atom is 0.326 e. The van der Waals surface area contributed by atoms with Crippen molar-refractivity contribution in [2.24, 2.45) is 0 Å². The van der Waals surface area contributed by atoms with Gasteiger partial charge in [-0.15, -0.1) is 0 Å². The number of hydrogen-bond donors (Lipinski definition) is 4. The molecular weight excluding hydrogens is 612 g/mol. The third-order valence-electron chi connectivity index (χ3n) is 7.37. The van der Waals surface area contributed by atoms with E-state index >= 15 is 0 Å². The Labute approximate surface area is 281 Å². The second-order valence-corrected chi connectivity index (χ2v) is 11.5. The lowest BCUT2D eigenvalue weighted by molar-refractivity contribution is -0.142. The van der Waals surface area contributed by atoms with Gasteiger partial charge in [0.25, 0.3) is 0 Å². The number of rotatable bonds is 37. The molecular formula is C34H61N2O11. The van der Waals surface area contributed by atoms with Crippen LogP contribution in [0, 0.1) is 0 Å². The van der Waals surface area contributed by atoms with Crippen molar-refractivity contribution in [3.63, 3.8) is 0 Å². The Bertz CT molecular complexity index is 798. The Balaban J connectivity index is 3.31. The van der Waals surface area contributed by atoms with Crippen LogP contribution in [-0.2, 0) is 42.9 Å². The number of amides is 2. The van der Waals surface area contributed by atoms with Crippen molar-refractivity contribution >= 4 is 30.0 Å². The SMILES string of the molecule is O=[C]CC[C@H](NC(=O)CCCCCCCCCCCCCCCCC(=O)NCCOCCOCCOCCOCCC(=O)O)C(=O)O. The lowest BCUT2D eigenvalue weighted by atomic mass is 10.0. The Morgan fingerprint density at radius 1 is 0.532 bits per heavy atom. The van der Waals surface area contributed by atoms with Gasteiger partial charge >= 0.3 is 11.9 Å². The van der Waals surface area contributed by atoms with Crippen LogP contribution in [-0.4, -0.2) is 106 Å². The smallest absolute Gasteiger partial charge is 0.326 e. The maximum absolute atomic E-state index is 12.0. The fourth-order valence-electron chi connectivity index (χ4n) is 4.69. The number of unbranched alkanes of at least 4 members (excludes halogenated alkanes) is 13. The van der Waals surface area contributed by atoms with Gasteiger partial charge in [0.2, 0.25) is 11.8 Å². The highest BCUT2D eigenvalue weighted by molar-refractivity contribution is 5.83. The summed E-state index contributed by atoms with van der Waals surface area (Å²) >= 11 is 0. The lowest BCUT2D eigenvalue weighted by Crippen LogP contribution is -2.40. The highest BCUT2D eigenvalue weighted by Gasteiger charge is 2.19. The van der Waals surface area contributed by atoms with E-state index in [1.54, 1.807) is 6.29 Å². The summed E-state index contributed by atoms with van der Waals surface area (Å²) in [6.45, 7) is 3.64. The molecule has 0 aliphatic heterocycles. The molecule has 0 spiro atoms. The number of hydrogen-bond acceptors (Lipinski definition) is 9. The van der Waals surface area contributed by atoms with E-state index < -0.39 is 18.0 Å². The van der Waals surface area contributed by atoms with E-state index in [1.165, 1.54) is 44.9 Å². The molecule has 13 nitrogen and oxygen atoms in total. The van der Waals surface area contributed by atoms with Gasteiger partial charge in [0.15, 0.2) is 6.29 Å². The van der Waals surface area contributed by atoms with Crippen molar-refractivity contribution in [3.8, 4) is 0 Å². The van der Waals surface area contributed by atoms with Gasteiger partial charge in [0.05, 0.1) is 59.3 Å². The number of nitrogens with one attached hydrogen (secondary N) is 2. The van der Waals surface area contributed by atoms with Crippen molar-refractivity contribution in [3.05, 3.63) is 0 Å². The van der Waals surface area contributed by atoms with Crippen molar-refractivity contribution in [2.75, 3.05) is 59.4 Å². The minimum Gasteiger partial charge on any atom is -0.481 e. The van der Waals surface area contributed by atoms with Crippen LogP contribution in [0.25, 0.3) is 0 Å². The summed E-state index contributed by atoms with van der Waals surface area (Å²) in [5, 5.41) is 22.9. The molecule has 47 heavy (non-hydrogen) atoms. The molecule has 0 rings (SSSR count). The first kappa shape index (κ1) is 44.4. The van der Waals surface area contributed by atoms with Crippen molar-refractivity contribution in [1.29, 1.82) is 0 Å². The van der Waals surface area contributed by atoms with Crippen LogP contribution in [0.3, 0.4) is 0 Å². The third-order valence-corrected chi connectivity index (χ3v) is 7.37. The minimum atomic E-state index is -1.12. The Kier molecular flexibility index (Phi) is 32.8. The lowest BCUT2D eigenvalue weighted by Gasteiger charge is -2.12. The summed E-state index contributed by atoms with van der Waals surface area (Å²) in [6, 6.07) is -1.02. The number of carboxylic acid groups (broad SMARTS) is 2. The fraction of sp³-hybridized carbons (Fsp3) is 0.853. The van der Waals surface area contributed by atoms with Crippen LogP contribution in [0.2, 0.25) is 0 Å². The van der Waals surface area contributed by atoms with E-state index in [-0.39, 0.29) is 37.7 Å². The molecule has 1 radical (unpaired) electrons. The van der Waals surface area contributed by atoms with E-state index in [0.717, 1.165) is 44.9 Å². The van der Waals surface area contributed by atoms with E-state index in [4.69, 9.17) is 29.2 Å². The normalized spacial score (nSPS) is 11.7. The van der Waals surface area contributed by atoms with E-state index in [0.29, 0.717) is 65.6 Å². The number of aliphatic carboxylic acids is 2. The molecule has 0 saturated carbocycles. The maximum atomic E-state index is 12.0. The van der Waals surface area contributed by atoms with Gasteiger partial charge in [-0.25, -0.2) is 4.79 Å². The Morgan fingerprint density at radius 3 is 1.36 bits per heavy atom. The largest absolute Gasteiger partial charge is 0.481 e. The van der Waals surface area contributed by atoms with Crippen LogP contribution in [0.4, 0.5) is 0 Å². The van der Waals surface area contributed by atoms with Crippen LogP contribution in [0.5, 0.6) is 0 Å². The van der Waals surface area contributed by atoms with Gasteiger partial charge in [-0.05, 0) is 19.3 Å². The van der Waals surface area contributed by atoms with E-state index in [1.807, 2.05) is 0 Å². The summed E-state index contributed by atoms with van der Waals surface area (Å²) in [5.41, 5.74) is 0. The predicted molar refractivity (Wildman–Crippen MR) is 177 cm³/mol. The standard InChI is InChI=1S/C34H61N2O11/c37-21-15-16-30(34(42)43)36-32(39)18-14-12-10-8-6-4-2-1-3-5-7-9-11-13-17-31(38)35-20-23-45-25-27-47-29-28-46-26-24-44-22-19-33(40)41/h30H,1-20,22-29H2,(H,35,38)(H,36,39)(H,40,41)(H,42,43)/t30-/m0/s1. The van der Waals surface area contributed by atoms with Gasteiger partial charge in [-0.1, -0.05) is 77.0 Å². The Morgan fingerprint density at radius 2 is 0.936 bits per heavy atom. The van der Waals surface area contributed by atoms with Gasteiger partial charge in [-0.2, -0.15) is 0 Å². The zero-order chi connectivity index (χ0) is 34.6. The number of carbonyl (C=O) groups excluding carboxylic acids is 3. The molecule has 0 aliphatic carbocycles. The molecule has 0 fully saturated rings. The molecule has 13 heteroatoms. The number of carboxylic acids is 2. The molecule has 2 amide bonds. The molecule has 0 aromatic rings. The minimum absolute atomic E-state index is 0.00320. The van der Waals surface area contributed by atoms with Gasteiger partial charge in [0.1, 0.15) is 6.04 Å². The molecule has 0 saturated heterocycles. The zero-order valence-electron chi connectivity index (χ0n) is 28.4. The topological polar surface area (TPSA) is 187 Å². The summed E-state index contributed by atoms with van der Waals surface area (Å²) in [6.07, 6.45) is 18.3. The van der Waals surface area contributed by atoms with Crippen molar-refractivity contribution in [2.45, 2.75) is 128 Å². The monoisotopic (exact) mass is 673 g/mol. The molecule has 0 heterocycles. The number of carbonyl (C=O) groups is 4. The second-order valence-electron chi connectivity index (χ2n) is 11.5. The average Bonchev–Trinajstić information content (AvgIpc) is 3.04. The van der Waals surface area contributed by atoms with Gasteiger partial charge in [-0.3, -0.25) is 19.2 Å². The molecule has 0 aromatic carbocycles. The van der Waals surface area contributed by atoms with Gasteiger partial charge in [0, 0.05) is 25.8 Å². The molecule has 4 N–H and O–H groups in total. The van der Waals surface area contributed by atoms with Gasteiger partial charge < -0.3 is 39.8 Å². The van der Waals surface area contributed by atoms with Crippen LogP contribution in [0.15, 0.2) is 0 Å². The number of ether oxygens (including phenoxy) is 4. The highest BCUT2D eigenvalue weighted by atomic mass is 16.6.